The van der Waals surface area contributed by atoms with E-state index in [0.717, 1.165) is 12.1 Å². The molecule has 0 spiro atoms. The third kappa shape index (κ3) is 2.29. The van der Waals surface area contributed by atoms with Gasteiger partial charge in [0.2, 0.25) is 0 Å². The van der Waals surface area contributed by atoms with E-state index >= 15 is 0 Å². The molecule has 0 fully saturated rings. The maximum absolute atomic E-state index is 13.2. The van der Waals surface area contributed by atoms with Gasteiger partial charge in [-0.3, -0.25) is 0 Å². The van der Waals surface area contributed by atoms with Crippen LogP contribution >= 0.6 is 0 Å². The summed E-state index contributed by atoms with van der Waals surface area (Å²) >= 11 is 0. The first kappa shape index (κ1) is 10.7. The van der Waals surface area contributed by atoms with E-state index in [1.54, 1.807) is 0 Å². The van der Waals surface area contributed by atoms with Crippen molar-refractivity contribution in [2.75, 3.05) is 13.7 Å². The van der Waals surface area contributed by atoms with Crippen molar-refractivity contribution in [2.24, 2.45) is 0 Å². The number of rotatable bonds is 3. The molecule has 0 aromatic heterocycles. The van der Waals surface area contributed by atoms with Crippen LogP contribution in [0.2, 0.25) is 0 Å². The Morgan fingerprint density at radius 3 is 2.36 bits per heavy atom. The van der Waals surface area contributed by atoms with Gasteiger partial charge in [0.15, 0.2) is 0 Å². The van der Waals surface area contributed by atoms with Gasteiger partial charge in [-0.15, -0.1) is 0 Å². The van der Waals surface area contributed by atoms with Crippen LogP contribution in [0, 0.1) is 11.6 Å². The van der Waals surface area contributed by atoms with Gasteiger partial charge in [-0.05, 0) is 0 Å². The van der Waals surface area contributed by atoms with E-state index in [9.17, 15) is 8.78 Å². The SMILES string of the molecule is COc1cc(F)c(C=CCO)c(F)c1. The molecule has 1 aromatic rings. The van der Waals surface area contributed by atoms with Gasteiger partial charge in [-0.1, -0.05) is 12.2 Å². The van der Waals surface area contributed by atoms with E-state index in [0.29, 0.717) is 0 Å². The van der Waals surface area contributed by atoms with Crippen LogP contribution in [-0.2, 0) is 0 Å². The van der Waals surface area contributed by atoms with Gasteiger partial charge < -0.3 is 9.84 Å². The predicted molar refractivity (Wildman–Crippen MR) is 49.0 cm³/mol. The molecule has 0 heterocycles. The summed E-state index contributed by atoms with van der Waals surface area (Å²) in [6.07, 6.45) is 2.44. The van der Waals surface area contributed by atoms with Crippen LogP contribution in [-0.4, -0.2) is 18.8 Å². The molecule has 1 N–H and O–H groups in total. The van der Waals surface area contributed by atoms with Crippen molar-refractivity contribution in [1.29, 1.82) is 0 Å². The largest absolute Gasteiger partial charge is 0.497 e. The molecule has 0 atom stereocenters. The smallest absolute Gasteiger partial charge is 0.137 e. The molecule has 0 unspecified atom stereocenters. The molecule has 0 amide bonds. The zero-order chi connectivity index (χ0) is 10.6. The second-order valence-corrected chi connectivity index (χ2v) is 2.59. The molecule has 0 aliphatic carbocycles. The lowest BCUT2D eigenvalue weighted by Gasteiger charge is -2.03. The van der Waals surface area contributed by atoms with Crippen molar-refractivity contribution in [3.05, 3.63) is 35.4 Å². The fraction of sp³-hybridized carbons (Fsp3) is 0.200. The van der Waals surface area contributed by atoms with Gasteiger partial charge >= 0.3 is 0 Å². The van der Waals surface area contributed by atoms with Crippen molar-refractivity contribution in [1.82, 2.24) is 0 Å². The number of benzene rings is 1. The Morgan fingerprint density at radius 2 is 1.93 bits per heavy atom. The van der Waals surface area contributed by atoms with Crippen LogP contribution in [0.25, 0.3) is 6.08 Å². The normalized spacial score (nSPS) is 10.9. The Kier molecular flexibility index (Phi) is 3.59. The summed E-state index contributed by atoms with van der Waals surface area (Å²) in [4.78, 5) is 0. The third-order valence-corrected chi connectivity index (χ3v) is 1.68. The minimum absolute atomic E-state index is 0.126. The highest BCUT2D eigenvalue weighted by atomic mass is 19.1. The molecule has 0 saturated heterocycles. The van der Waals surface area contributed by atoms with Crippen molar-refractivity contribution >= 4 is 6.08 Å². The van der Waals surface area contributed by atoms with E-state index < -0.39 is 11.6 Å². The van der Waals surface area contributed by atoms with Crippen LogP contribution < -0.4 is 4.74 Å². The second-order valence-electron chi connectivity index (χ2n) is 2.59. The van der Waals surface area contributed by atoms with Gasteiger partial charge in [0, 0.05) is 17.7 Å². The van der Waals surface area contributed by atoms with Crippen molar-refractivity contribution in [3.8, 4) is 5.75 Å². The number of methoxy groups -OCH3 is 1. The monoisotopic (exact) mass is 200 g/mol. The van der Waals surface area contributed by atoms with Crippen molar-refractivity contribution in [2.45, 2.75) is 0 Å². The Hall–Kier alpha value is -1.42. The standard InChI is InChI=1S/C10H10F2O2/c1-14-7-5-9(11)8(3-2-4-13)10(12)6-7/h2-3,5-6,13H,4H2,1H3. The summed E-state index contributed by atoms with van der Waals surface area (Å²) in [5, 5.41) is 8.45. The lowest BCUT2D eigenvalue weighted by Crippen LogP contribution is -1.92. The zero-order valence-electron chi connectivity index (χ0n) is 7.63. The maximum Gasteiger partial charge on any atom is 0.137 e. The number of hydrogen-bond donors (Lipinski definition) is 1. The Balaban J connectivity index is 3.11. The van der Waals surface area contributed by atoms with Gasteiger partial charge in [0.25, 0.3) is 0 Å². The molecular formula is C10H10F2O2. The lowest BCUT2D eigenvalue weighted by molar-refractivity contribution is 0.343. The fourth-order valence-corrected chi connectivity index (χ4v) is 1.01. The summed E-state index contributed by atoms with van der Waals surface area (Å²) in [7, 11) is 1.33. The summed E-state index contributed by atoms with van der Waals surface area (Å²) in [5.74, 6) is -1.31. The molecule has 1 rings (SSSR count). The highest BCUT2D eigenvalue weighted by Crippen LogP contribution is 2.21. The highest BCUT2D eigenvalue weighted by Gasteiger charge is 2.08. The maximum atomic E-state index is 13.2. The van der Waals surface area contributed by atoms with E-state index in [1.165, 1.54) is 19.3 Å². The third-order valence-electron chi connectivity index (χ3n) is 1.68. The number of ether oxygens (including phenoxy) is 1. The molecule has 4 heteroatoms. The molecule has 1 aromatic carbocycles. The summed E-state index contributed by atoms with van der Waals surface area (Å²) in [5.41, 5.74) is -0.181. The minimum Gasteiger partial charge on any atom is -0.497 e. The Labute approximate surface area is 80.4 Å². The first-order valence-electron chi connectivity index (χ1n) is 3.99. The van der Waals surface area contributed by atoms with E-state index in [1.807, 2.05) is 0 Å². The molecule has 0 aliphatic rings. The second kappa shape index (κ2) is 4.72. The highest BCUT2D eigenvalue weighted by molar-refractivity contribution is 5.52. The van der Waals surface area contributed by atoms with Crippen molar-refractivity contribution < 1.29 is 18.6 Å². The van der Waals surface area contributed by atoms with Crippen LogP contribution in [0.5, 0.6) is 5.75 Å². The topological polar surface area (TPSA) is 29.5 Å². The van der Waals surface area contributed by atoms with Gasteiger partial charge in [-0.25, -0.2) is 8.78 Å². The average molecular weight is 200 g/mol. The van der Waals surface area contributed by atoms with Crippen LogP contribution in [0.1, 0.15) is 5.56 Å². The minimum atomic E-state index is -0.716. The van der Waals surface area contributed by atoms with Gasteiger partial charge in [0.05, 0.1) is 13.7 Å². The zero-order valence-corrected chi connectivity index (χ0v) is 7.63. The van der Waals surface area contributed by atoms with Gasteiger partial charge in [0.1, 0.15) is 17.4 Å². The first-order chi connectivity index (χ1) is 6.69. The lowest BCUT2D eigenvalue weighted by atomic mass is 10.1. The van der Waals surface area contributed by atoms with E-state index in [4.69, 9.17) is 5.11 Å². The molecule has 0 radical (unpaired) electrons. The molecule has 14 heavy (non-hydrogen) atoms. The number of aliphatic hydroxyl groups is 1. The molecule has 2 nitrogen and oxygen atoms in total. The molecule has 0 aliphatic heterocycles. The quantitative estimate of drug-likeness (QED) is 0.808. The van der Waals surface area contributed by atoms with Crippen LogP contribution in [0.3, 0.4) is 0 Å². The summed E-state index contributed by atoms with van der Waals surface area (Å²) in [6.45, 7) is -0.259. The average Bonchev–Trinajstić information content (AvgIpc) is 2.16. The summed E-state index contributed by atoms with van der Waals surface area (Å²) in [6, 6.07) is 2.17. The number of aliphatic hydroxyl groups excluding tert-OH is 1. The number of halogens is 2. The van der Waals surface area contributed by atoms with E-state index in [-0.39, 0.29) is 17.9 Å². The molecular weight excluding hydrogens is 190 g/mol. The van der Waals surface area contributed by atoms with Crippen LogP contribution in [0.15, 0.2) is 18.2 Å². The Bertz CT molecular complexity index is 325. The number of hydrogen-bond acceptors (Lipinski definition) is 2. The van der Waals surface area contributed by atoms with Gasteiger partial charge in [-0.2, -0.15) is 0 Å². The first-order valence-corrected chi connectivity index (χ1v) is 3.99. The van der Waals surface area contributed by atoms with E-state index in [2.05, 4.69) is 4.74 Å². The molecule has 0 bridgehead atoms. The molecule has 0 saturated carbocycles. The predicted octanol–water partition coefficient (Wildman–Crippen LogP) is 1.98. The fourth-order valence-electron chi connectivity index (χ4n) is 1.01. The van der Waals surface area contributed by atoms with Crippen molar-refractivity contribution in [3.63, 3.8) is 0 Å². The summed E-state index contributed by atoms with van der Waals surface area (Å²) < 4.78 is 31.0. The Morgan fingerprint density at radius 1 is 1.36 bits per heavy atom. The molecule has 76 valence electrons. The van der Waals surface area contributed by atoms with Crippen LogP contribution in [0.4, 0.5) is 8.78 Å².